The molecule has 0 amide bonds. The third-order valence-electron chi connectivity index (χ3n) is 5.32. The summed E-state index contributed by atoms with van der Waals surface area (Å²) >= 11 is 0. The topological polar surface area (TPSA) is 12.5 Å². The molecule has 0 fully saturated rings. The van der Waals surface area contributed by atoms with Crippen molar-refractivity contribution < 1.29 is 4.74 Å². The van der Waals surface area contributed by atoms with Crippen LogP contribution in [0.3, 0.4) is 0 Å². The number of methoxy groups -OCH3 is 1. The highest BCUT2D eigenvalue weighted by Crippen LogP contribution is 2.38. The van der Waals surface area contributed by atoms with E-state index in [-0.39, 0.29) is 5.41 Å². The number of rotatable bonds is 9. The maximum atomic E-state index is 5.43. The number of hydrogen-bond donors (Lipinski definition) is 0. The number of allylic oxidation sites excluding steroid dienone is 1. The standard InChI is InChI=1S/C23H31NO/c1-6-23(7-2,21-14-11-15-22(16-21)25-5)19(3)17-24(4)18-20-12-9-8-10-13-20/h6,8-16,19H,1,7,17-18H2,2-5H3. The van der Waals surface area contributed by atoms with Crippen LogP contribution in [0.2, 0.25) is 0 Å². The minimum atomic E-state index is -0.0561. The number of ether oxygens (including phenoxy) is 1. The van der Waals surface area contributed by atoms with Crippen LogP contribution in [0.4, 0.5) is 0 Å². The summed E-state index contributed by atoms with van der Waals surface area (Å²) < 4.78 is 5.43. The molecule has 134 valence electrons. The largest absolute Gasteiger partial charge is 0.497 e. The van der Waals surface area contributed by atoms with E-state index >= 15 is 0 Å². The molecule has 2 rings (SSSR count). The SMILES string of the molecule is C=CC(CC)(c1cccc(OC)c1)C(C)CN(C)Cc1ccccc1. The molecule has 2 nitrogen and oxygen atoms in total. The first-order valence-corrected chi connectivity index (χ1v) is 9.06. The molecule has 2 unspecified atom stereocenters. The molecule has 0 heterocycles. The van der Waals surface area contributed by atoms with Crippen molar-refractivity contribution in [1.29, 1.82) is 0 Å². The average molecular weight is 338 g/mol. The smallest absolute Gasteiger partial charge is 0.119 e. The Balaban J connectivity index is 2.18. The molecule has 2 atom stereocenters. The lowest BCUT2D eigenvalue weighted by Gasteiger charge is -2.38. The molecule has 0 saturated carbocycles. The fourth-order valence-corrected chi connectivity index (χ4v) is 3.80. The summed E-state index contributed by atoms with van der Waals surface area (Å²) in [4.78, 5) is 2.40. The second-order valence-electron chi connectivity index (χ2n) is 6.91. The summed E-state index contributed by atoms with van der Waals surface area (Å²) in [5.41, 5.74) is 2.57. The van der Waals surface area contributed by atoms with E-state index in [1.54, 1.807) is 7.11 Å². The van der Waals surface area contributed by atoms with Gasteiger partial charge >= 0.3 is 0 Å². The lowest BCUT2D eigenvalue weighted by Crippen LogP contribution is -2.38. The number of nitrogens with zero attached hydrogens (tertiary/aromatic N) is 1. The van der Waals surface area contributed by atoms with E-state index < -0.39 is 0 Å². The molecule has 0 aliphatic carbocycles. The first-order chi connectivity index (χ1) is 12.1. The van der Waals surface area contributed by atoms with Crippen molar-refractivity contribution in [3.63, 3.8) is 0 Å². The number of benzene rings is 2. The van der Waals surface area contributed by atoms with Crippen LogP contribution in [0.15, 0.2) is 67.3 Å². The predicted octanol–water partition coefficient (Wildman–Crippen LogP) is 5.30. The average Bonchev–Trinajstić information content (AvgIpc) is 2.64. The Hall–Kier alpha value is -2.06. The first-order valence-electron chi connectivity index (χ1n) is 9.06. The Morgan fingerprint density at radius 3 is 2.48 bits per heavy atom. The second-order valence-corrected chi connectivity index (χ2v) is 6.91. The fraction of sp³-hybridized carbons (Fsp3) is 0.391. The van der Waals surface area contributed by atoms with Gasteiger partial charge in [-0.3, -0.25) is 0 Å². The maximum absolute atomic E-state index is 5.43. The van der Waals surface area contributed by atoms with E-state index in [1.807, 2.05) is 6.07 Å². The zero-order valence-corrected chi connectivity index (χ0v) is 16.0. The van der Waals surface area contributed by atoms with Crippen molar-refractivity contribution in [1.82, 2.24) is 4.90 Å². The van der Waals surface area contributed by atoms with Gasteiger partial charge in [-0.1, -0.05) is 62.4 Å². The van der Waals surface area contributed by atoms with Gasteiger partial charge in [0.1, 0.15) is 5.75 Å². The summed E-state index contributed by atoms with van der Waals surface area (Å²) in [7, 11) is 3.91. The van der Waals surface area contributed by atoms with Crippen LogP contribution >= 0.6 is 0 Å². The van der Waals surface area contributed by atoms with Gasteiger partial charge < -0.3 is 9.64 Å². The van der Waals surface area contributed by atoms with Crippen LogP contribution in [-0.4, -0.2) is 25.6 Å². The maximum Gasteiger partial charge on any atom is 0.119 e. The van der Waals surface area contributed by atoms with Gasteiger partial charge in [-0.2, -0.15) is 0 Å². The van der Waals surface area contributed by atoms with Gasteiger partial charge in [0.15, 0.2) is 0 Å². The zero-order valence-electron chi connectivity index (χ0n) is 16.0. The molecule has 0 aromatic heterocycles. The molecule has 0 radical (unpaired) electrons. The Bertz CT molecular complexity index is 667. The van der Waals surface area contributed by atoms with Crippen LogP contribution in [0.5, 0.6) is 5.75 Å². The van der Waals surface area contributed by atoms with E-state index in [0.717, 1.165) is 25.3 Å². The molecular formula is C23H31NO. The lowest BCUT2D eigenvalue weighted by molar-refractivity contribution is 0.220. The summed E-state index contributed by atoms with van der Waals surface area (Å²) in [6.45, 7) is 10.7. The Kier molecular flexibility index (Phi) is 6.83. The molecule has 0 saturated heterocycles. The van der Waals surface area contributed by atoms with Crippen molar-refractivity contribution >= 4 is 0 Å². The fourth-order valence-electron chi connectivity index (χ4n) is 3.80. The highest BCUT2D eigenvalue weighted by molar-refractivity contribution is 5.37. The monoisotopic (exact) mass is 337 g/mol. The van der Waals surface area contributed by atoms with E-state index in [1.165, 1.54) is 11.1 Å². The molecular weight excluding hydrogens is 306 g/mol. The van der Waals surface area contributed by atoms with Gasteiger partial charge in [-0.05, 0) is 42.6 Å². The van der Waals surface area contributed by atoms with Crippen molar-refractivity contribution in [3.05, 3.63) is 78.4 Å². The van der Waals surface area contributed by atoms with E-state index in [0.29, 0.717) is 5.92 Å². The Morgan fingerprint density at radius 1 is 1.16 bits per heavy atom. The van der Waals surface area contributed by atoms with Crippen LogP contribution < -0.4 is 4.74 Å². The minimum absolute atomic E-state index is 0.0561. The summed E-state index contributed by atoms with van der Waals surface area (Å²) in [5.74, 6) is 1.35. The van der Waals surface area contributed by atoms with Crippen LogP contribution in [0.25, 0.3) is 0 Å². The molecule has 0 spiro atoms. The molecule has 25 heavy (non-hydrogen) atoms. The molecule has 0 N–H and O–H groups in total. The molecule has 2 aromatic rings. The zero-order chi connectivity index (χ0) is 18.3. The highest BCUT2D eigenvalue weighted by atomic mass is 16.5. The van der Waals surface area contributed by atoms with Gasteiger partial charge in [0.05, 0.1) is 7.11 Å². The van der Waals surface area contributed by atoms with Gasteiger partial charge in [-0.15, -0.1) is 6.58 Å². The summed E-state index contributed by atoms with van der Waals surface area (Å²) in [6.07, 6.45) is 3.15. The number of hydrogen-bond acceptors (Lipinski definition) is 2. The molecule has 0 aliphatic heterocycles. The van der Waals surface area contributed by atoms with E-state index in [9.17, 15) is 0 Å². The van der Waals surface area contributed by atoms with Crippen LogP contribution in [0.1, 0.15) is 31.4 Å². The molecule has 0 bridgehead atoms. The van der Waals surface area contributed by atoms with Crippen molar-refractivity contribution in [3.8, 4) is 5.75 Å². The quantitative estimate of drug-likeness (QED) is 0.576. The molecule has 2 heteroatoms. The molecule has 2 aromatic carbocycles. The minimum Gasteiger partial charge on any atom is -0.497 e. The highest BCUT2D eigenvalue weighted by Gasteiger charge is 2.34. The molecule has 0 aliphatic rings. The van der Waals surface area contributed by atoms with Gasteiger partial charge in [0, 0.05) is 18.5 Å². The Morgan fingerprint density at radius 2 is 1.88 bits per heavy atom. The summed E-state index contributed by atoms with van der Waals surface area (Å²) in [6, 6.07) is 19.1. The normalized spacial score (nSPS) is 14.8. The summed E-state index contributed by atoms with van der Waals surface area (Å²) in [5, 5.41) is 0. The van der Waals surface area contributed by atoms with Gasteiger partial charge in [0.25, 0.3) is 0 Å². The van der Waals surface area contributed by atoms with Crippen molar-refractivity contribution in [2.24, 2.45) is 5.92 Å². The van der Waals surface area contributed by atoms with Crippen molar-refractivity contribution in [2.75, 3.05) is 20.7 Å². The van der Waals surface area contributed by atoms with Gasteiger partial charge in [-0.25, -0.2) is 0 Å². The van der Waals surface area contributed by atoms with Gasteiger partial charge in [0.2, 0.25) is 0 Å². The lowest BCUT2D eigenvalue weighted by atomic mass is 9.69. The second kappa shape index (κ2) is 8.87. The first kappa shape index (κ1) is 19.3. The third-order valence-corrected chi connectivity index (χ3v) is 5.32. The Labute approximate surface area is 153 Å². The van der Waals surface area contributed by atoms with E-state index in [2.05, 4.69) is 87.0 Å². The predicted molar refractivity (Wildman–Crippen MR) is 107 cm³/mol. The van der Waals surface area contributed by atoms with E-state index in [4.69, 9.17) is 4.74 Å². The van der Waals surface area contributed by atoms with Crippen molar-refractivity contribution in [2.45, 2.75) is 32.2 Å². The van der Waals surface area contributed by atoms with Crippen LogP contribution in [0, 0.1) is 5.92 Å². The third kappa shape index (κ3) is 4.52. The van der Waals surface area contributed by atoms with Crippen LogP contribution in [-0.2, 0) is 12.0 Å².